The maximum Gasteiger partial charge on any atom is 0.426 e. The predicted octanol–water partition coefficient (Wildman–Crippen LogP) is 4.75. The monoisotopic (exact) mass is 559 g/mol. The topological polar surface area (TPSA) is 95.0 Å². The molecule has 0 aliphatic carbocycles. The van der Waals surface area contributed by atoms with Crippen molar-refractivity contribution in [3.63, 3.8) is 0 Å². The van der Waals surface area contributed by atoms with E-state index in [2.05, 4.69) is 41.4 Å². The minimum absolute atomic E-state index is 0.0961. The van der Waals surface area contributed by atoms with Crippen LogP contribution in [0, 0.1) is 19.3 Å². The van der Waals surface area contributed by atoms with Crippen molar-refractivity contribution in [2.75, 3.05) is 42.9 Å². The second-order valence-corrected chi connectivity index (χ2v) is 12.3. The number of anilines is 3. The van der Waals surface area contributed by atoms with Gasteiger partial charge in [-0.25, -0.2) is 4.79 Å². The molecule has 2 aliphatic rings. The number of piperazine rings is 1. The minimum Gasteiger partial charge on any atom is -0.351 e. The third kappa shape index (κ3) is 6.71. The number of carbonyl (C=O) groups is 2. The molecule has 10 nitrogen and oxygen atoms in total. The van der Waals surface area contributed by atoms with Crippen molar-refractivity contribution >= 4 is 29.2 Å². The first-order valence-corrected chi connectivity index (χ1v) is 14.2. The van der Waals surface area contributed by atoms with Crippen LogP contribution in [0.2, 0.25) is 0 Å². The van der Waals surface area contributed by atoms with Crippen molar-refractivity contribution in [2.24, 2.45) is 12.5 Å². The molecule has 3 aromatic rings. The van der Waals surface area contributed by atoms with Crippen LogP contribution in [-0.4, -0.2) is 64.5 Å². The van der Waals surface area contributed by atoms with Gasteiger partial charge in [0.1, 0.15) is 5.82 Å². The number of rotatable bonds is 5. The normalized spacial score (nSPS) is 15.9. The molecule has 1 saturated heterocycles. The van der Waals surface area contributed by atoms with E-state index in [0.29, 0.717) is 31.7 Å². The number of hydrogen-bond acceptors (Lipinski definition) is 7. The standard InChI is InChI=1S/C31H41N7O3/c1-21-7-10-27-26(15-21)34-28-25(18-33-35(28)6)19-38(27)29(39)23-8-9-24(22(2)16-23)17-32-30(40)41-37-13-11-36(12-14-37)20-31(3,4)5/h7-10,15-16,18,34H,11-14,17,19-20H2,1-6H3,(H,32,40). The zero-order valence-corrected chi connectivity index (χ0v) is 25.0. The highest BCUT2D eigenvalue weighted by Gasteiger charge is 2.27. The molecular weight excluding hydrogens is 518 g/mol. The summed E-state index contributed by atoms with van der Waals surface area (Å²) < 4.78 is 1.79. The first kappa shape index (κ1) is 28.6. The summed E-state index contributed by atoms with van der Waals surface area (Å²) in [6.07, 6.45) is 1.33. The van der Waals surface area contributed by atoms with Crippen LogP contribution >= 0.6 is 0 Å². The third-order valence-electron chi connectivity index (χ3n) is 7.54. The Morgan fingerprint density at radius 2 is 1.80 bits per heavy atom. The van der Waals surface area contributed by atoms with Gasteiger partial charge in [0.05, 0.1) is 24.1 Å². The molecule has 3 heterocycles. The summed E-state index contributed by atoms with van der Waals surface area (Å²) in [5.41, 5.74) is 6.41. The van der Waals surface area contributed by atoms with Gasteiger partial charge in [0.15, 0.2) is 0 Å². The molecule has 41 heavy (non-hydrogen) atoms. The zero-order chi connectivity index (χ0) is 29.3. The Hall–Kier alpha value is -3.89. The zero-order valence-electron chi connectivity index (χ0n) is 25.0. The van der Waals surface area contributed by atoms with Gasteiger partial charge in [0.25, 0.3) is 5.91 Å². The van der Waals surface area contributed by atoms with Gasteiger partial charge >= 0.3 is 6.09 Å². The van der Waals surface area contributed by atoms with Crippen LogP contribution < -0.4 is 15.5 Å². The molecule has 2 aliphatic heterocycles. The summed E-state index contributed by atoms with van der Waals surface area (Å²) in [6, 6.07) is 11.6. The van der Waals surface area contributed by atoms with Crippen molar-refractivity contribution < 1.29 is 14.4 Å². The van der Waals surface area contributed by atoms with Crippen LogP contribution in [0.15, 0.2) is 42.6 Å². The Morgan fingerprint density at radius 1 is 1.05 bits per heavy atom. The fourth-order valence-electron chi connectivity index (χ4n) is 5.46. The summed E-state index contributed by atoms with van der Waals surface area (Å²) in [5.74, 6) is 0.782. The van der Waals surface area contributed by atoms with E-state index < -0.39 is 6.09 Å². The van der Waals surface area contributed by atoms with E-state index in [-0.39, 0.29) is 11.3 Å². The fourth-order valence-corrected chi connectivity index (χ4v) is 5.46. The van der Waals surface area contributed by atoms with Gasteiger partial charge in [-0.1, -0.05) is 32.9 Å². The van der Waals surface area contributed by atoms with Crippen LogP contribution in [0.25, 0.3) is 0 Å². The van der Waals surface area contributed by atoms with E-state index in [9.17, 15) is 9.59 Å². The first-order valence-electron chi connectivity index (χ1n) is 14.2. The average Bonchev–Trinajstić information content (AvgIpc) is 3.16. The number of hydroxylamine groups is 2. The van der Waals surface area contributed by atoms with Gasteiger partial charge in [-0.15, -0.1) is 5.06 Å². The highest BCUT2D eigenvalue weighted by Crippen LogP contribution is 2.37. The molecule has 218 valence electrons. The van der Waals surface area contributed by atoms with E-state index in [1.54, 1.807) is 20.8 Å². The molecule has 0 unspecified atom stereocenters. The number of aromatic nitrogens is 2. The van der Waals surface area contributed by atoms with Crippen molar-refractivity contribution in [3.8, 4) is 0 Å². The number of amides is 2. The molecule has 10 heteroatoms. The minimum atomic E-state index is -0.468. The van der Waals surface area contributed by atoms with E-state index in [4.69, 9.17) is 4.84 Å². The maximum absolute atomic E-state index is 13.8. The van der Waals surface area contributed by atoms with Crippen LogP contribution in [-0.2, 0) is 25.0 Å². The van der Waals surface area contributed by atoms with E-state index in [0.717, 1.165) is 59.1 Å². The van der Waals surface area contributed by atoms with Gasteiger partial charge in [-0.05, 0) is 60.2 Å². The average molecular weight is 560 g/mol. The van der Waals surface area contributed by atoms with Crippen LogP contribution in [0.4, 0.5) is 22.0 Å². The summed E-state index contributed by atoms with van der Waals surface area (Å²) in [4.78, 5) is 36.1. The molecule has 2 N–H and O–H groups in total. The molecule has 2 aromatic carbocycles. The smallest absolute Gasteiger partial charge is 0.351 e. The van der Waals surface area contributed by atoms with E-state index >= 15 is 0 Å². The van der Waals surface area contributed by atoms with Gasteiger partial charge in [0, 0.05) is 57.4 Å². The first-order chi connectivity index (χ1) is 19.5. The molecule has 1 fully saturated rings. The number of fused-ring (bicyclic) bond motifs is 2. The second-order valence-electron chi connectivity index (χ2n) is 12.3. The number of carbonyl (C=O) groups excluding carboxylic acids is 2. The van der Waals surface area contributed by atoms with Gasteiger partial charge in [-0.3, -0.25) is 9.48 Å². The van der Waals surface area contributed by atoms with Crippen molar-refractivity contribution in [1.29, 1.82) is 0 Å². The fraction of sp³-hybridized carbons (Fsp3) is 0.452. The summed E-state index contributed by atoms with van der Waals surface area (Å²) in [7, 11) is 1.89. The number of aryl methyl sites for hydroxylation is 3. The SMILES string of the molecule is Cc1ccc2c(c1)Nc1c(cnn1C)CN2C(=O)c1ccc(CNC(=O)ON2CCN(CC(C)(C)C)CC2)c(C)c1. The van der Waals surface area contributed by atoms with Crippen molar-refractivity contribution in [1.82, 2.24) is 25.1 Å². The summed E-state index contributed by atoms with van der Waals surface area (Å²) in [5, 5.41) is 12.4. The van der Waals surface area contributed by atoms with Crippen molar-refractivity contribution in [2.45, 2.75) is 47.7 Å². The van der Waals surface area contributed by atoms with Crippen LogP contribution in [0.3, 0.4) is 0 Å². The maximum atomic E-state index is 13.8. The molecule has 0 radical (unpaired) electrons. The highest BCUT2D eigenvalue weighted by molar-refractivity contribution is 6.08. The number of hydrogen-bond donors (Lipinski definition) is 2. The van der Waals surface area contributed by atoms with Gasteiger partial charge in [0.2, 0.25) is 0 Å². The van der Waals surface area contributed by atoms with Gasteiger partial charge < -0.3 is 25.3 Å². The summed E-state index contributed by atoms with van der Waals surface area (Å²) in [6.45, 7) is 15.6. The molecule has 2 amide bonds. The van der Waals surface area contributed by atoms with Crippen LogP contribution in [0.5, 0.6) is 0 Å². The molecule has 0 saturated carbocycles. The Labute approximate surface area is 242 Å². The lowest BCUT2D eigenvalue weighted by atomic mass is 9.96. The van der Waals surface area contributed by atoms with Crippen molar-refractivity contribution in [3.05, 3.63) is 70.4 Å². The number of nitrogens with one attached hydrogen (secondary N) is 2. The molecule has 0 bridgehead atoms. The Bertz CT molecular complexity index is 1430. The summed E-state index contributed by atoms with van der Waals surface area (Å²) >= 11 is 0. The predicted molar refractivity (Wildman–Crippen MR) is 160 cm³/mol. The van der Waals surface area contributed by atoms with Gasteiger partial charge in [-0.2, -0.15) is 5.10 Å². The Morgan fingerprint density at radius 3 is 2.51 bits per heavy atom. The highest BCUT2D eigenvalue weighted by atomic mass is 16.7. The number of nitrogens with zero attached hydrogens (tertiary/aromatic N) is 5. The lowest BCUT2D eigenvalue weighted by Gasteiger charge is -2.36. The largest absolute Gasteiger partial charge is 0.426 e. The van der Waals surface area contributed by atoms with Crippen LogP contribution in [0.1, 0.15) is 53.4 Å². The Kier molecular flexibility index (Phi) is 8.06. The quantitative estimate of drug-likeness (QED) is 0.466. The van der Waals surface area contributed by atoms with E-state index in [1.165, 1.54) is 0 Å². The lowest BCUT2D eigenvalue weighted by Crippen LogP contribution is -2.49. The second kappa shape index (κ2) is 11.5. The molecule has 0 atom stereocenters. The molecular formula is C31H41N7O3. The Balaban J connectivity index is 1.21. The lowest BCUT2D eigenvalue weighted by molar-refractivity contribution is -0.125. The molecule has 1 aromatic heterocycles. The molecule has 5 rings (SSSR count). The molecule has 0 spiro atoms. The third-order valence-corrected chi connectivity index (χ3v) is 7.54. The van der Waals surface area contributed by atoms with E-state index in [1.807, 2.05) is 57.3 Å². The number of benzene rings is 2.